The molecule has 2 saturated heterocycles. The third-order valence-corrected chi connectivity index (χ3v) is 4.86. The predicted octanol–water partition coefficient (Wildman–Crippen LogP) is 1.90. The van der Waals surface area contributed by atoms with Gasteiger partial charge in [0, 0.05) is 19.5 Å². The molecule has 3 rings (SSSR count). The minimum atomic E-state index is -0.336. The monoisotopic (exact) mass is 336 g/mol. The van der Waals surface area contributed by atoms with Gasteiger partial charge in [0.1, 0.15) is 11.4 Å². The van der Waals surface area contributed by atoms with Crippen molar-refractivity contribution >= 4 is 5.91 Å². The van der Waals surface area contributed by atoms with Crippen LogP contribution in [0, 0.1) is 0 Å². The van der Waals surface area contributed by atoms with E-state index in [4.69, 9.17) is 13.9 Å². The number of furan rings is 1. The smallest absolute Gasteiger partial charge is 0.222 e. The lowest BCUT2D eigenvalue weighted by Gasteiger charge is -2.32. The highest BCUT2D eigenvalue weighted by Crippen LogP contribution is 2.33. The highest BCUT2D eigenvalue weighted by atomic mass is 16.6. The Morgan fingerprint density at radius 3 is 3.12 bits per heavy atom. The third kappa shape index (κ3) is 4.18. The van der Waals surface area contributed by atoms with Crippen LogP contribution < -0.4 is 0 Å². The predicted molar refractivity (Wildman–Crippen MR) is 89.6 cm³/mol. The summed E-state index contributed by atoms with van der Waals surface area (Å²) in [6.45, 7) is 6.03. The summed E-state index contributed by atoms with van der Waals surface area (Å²) in [6.07, 6.45) is 4.35. The number of likely N-dealkylation sites (N-methyl/N-ethyl adjacent to an activating group) is 1. The van der Waals surface area contributed by atoms with Crippen molar-refractivity contribution in [2.75, 3.05) is 39.9 Å². The van der Waals surface area contributed by atoms with Crippen molar-refractivity contribution in [1.29, 1.82) is 0 Å². The summed E-state index contributed by atoms with van der Waals surface area (Å²) in [6, 6.07) is 3.90. The van der Waals surface area contributed by atoms with E-state index in [1.54, 1.807) is 6.26 Å². The van der Waals surface area contributed by atoms with E-state index in [-0.39, 0.29) is 17.6 Å². The molecule has 3 heterocycles. The molecule has 2 aliphatic rings. The number of hydrogen-bond donors (Lipinski definition) is 0. The Morgan fingerprint density at radius 1 is 1.50 bits per heavy atom. The number of rotatable bonds is 5. The molecule has 0 bridgehead atoms. The summed E-state index contributed by atoms with van der Waals surface area (Å²) >= 11 is 0. The molecule has 1 aromatic rings. The first kappa shape index (κ1) is 17.5. The Kier molecular flexibility index (Phi) is 5.58. The zero-order chi connectivity index (χ0) is 17.0. The van der Waals surface area contributed by atoms with Gasteiger partial charge in [-0.3, -0.25) is 9.69 Å². The number of carbonyl (C=O) groups is 1. The number of carbonyl (C=O) groups excluding carboxylic acids is 1. The van der Waals surface area contributed by atoms with Gasteiger partial charge in [-0.05, 0) is 32.0 Å². The summed E-state index contributed by atoms with van der Waals surface area (Å²) in [7, 11) is 2.08. The van der Waals surface area contributed by atoms with Gasteiger partial charge in [0.2, 0.25) is 5.91 Å². The molecule has 2 fully saturated rings. The van der Waals surface area contributed by atoms with E-state index >= 15 is 0 Å². The van der Waals surface area contributed by atoms with E-state index in [1.165, 1.54) is 0 Å². The fraction of sp³-hybridized carbons (Fsp3) is 0.722. The Bertz CT molecular complexity index is 533. The lowest BCUT2D eigenvalue weighted by molar-refractivity contribution is -0.136. The van der Waals surface area contributed by atoms with Crippen LogP contribution >= 0.6 is 0 Å². The standard InChI is InChI=1S/C18H28N2O4/c1-3-17(21)20-8-10-22-14-18(13-20)7-6-16(24-18)12-19(2)11-15-5-4-9-23-15/h4-5,9,16H,3,6-8,10-14H2,1-2H3/t16-,18-/m0/s1. The van der Waals surface area contributed by atoms with Gasteiger partial charge < -0.3 is 18.8 Å². The van der Waals surface area contributed by atoms with E-state index in [0.29, 0.717) is 32.7 Å². The van der Waals surface area contributed by atoms with Gasteiger partial charge in [-0.15, -0.1) is 0 Å². The largest absolute Gasteiger partial charge is 0.468 e. The van der Waals surface area contributed by atoms with Crippen molar-refractivity contribution in [3.63, 3.8) is 0 Å². The van der Waals surface area contributed by atoms with Crippen LogP contribution in [0.1, 0.15) is 31.9 Å². The van der Waals surface area contributed by atoms with Crippen LogP contribution in [0.3, 0.4) is 0 Å². The average molecular weight is 336 g/mol. The number of amides is 1. The minimum absolute atomic E-state index is 0.172. The summed E-state index contributed by atoms with van der Waals surface area (Å²) in [5.74, 6) is 1.14. The summed E-state index contributed by atoms with van der Waals surface area (Å²) in [4.78, 5) is 16.2. The lowest BCUT2D eigenvalue weighted by atomic mass is 10.00. The molecule has 1 aromatic heterocycles. The molecule has 1 amide bonds. The zero-order valence-electron chi connectivity index (χ0n) is 14.7. The molecule has 0 radical (unpaired) electrons. The van der Waals surface area contributed by atoms with Gasteiger partial charge in [-0.1, -0.05) is 6.92 Å². The van der Waals surface area contributed by atoms with Crippen molar-refractivity contribution in [2.24, 2.45) is 0 Å². The van der Waals surface area contributed by atoms with E-state index in [0.717, 1.165) is 31.7 Å². The number of hydrogen-bond acceptors (Lipinski definition) is 5. The van der Waals surface area contributed by atoms with Crippen LogP contribution in [-0.2, 0) is 20.8 Å². The highest BCUT2D eigenvalue weighted by Gasteiger charge is 2.44. The Balaban J connectivity index is 1.55. The molecule has 24 heavy (non-hydrogen) atoms. The first-order valence-electron chi connectivity index (χ1n) is 8.84. The van der Waals surface area contributed by atoms with Crippen LogP contribution in [0.15, 0.2) is 22.8 Å². The van der Waals surface area contributed by atoms with Crippen molar-refractivity contribution in [2.45, 2.75) is 44.4 Å². The highest BCUT2D eigenvalue weighted by molar-refractivity contribution is 5.75. The molecular formula is C18H28N2O4. The quantitative estimate of drug-likeness (QED) is 0.822. The second-order valence-electron chi connectivity index (χ2n) is 6.96. The Labute approximate surface area is 143 Å². The van der Waals surface area contributed by atoms with Crippen LogP contribution in [0.5, 0.6) is 0 Å². The molecule has 0 unspecified atom stereocenters. The molecule has 2 aliphatic heterocycles. The molecular weight excluding hydrogens is 308 g/mol. The molecule has 6 heteroatoms. The van der Waals surface area contributed by atoms with E-state index in [1.807, 2.05) is 24.0 Å². The minimum Gasteiger partial charge on any atom is -0.468 e. The third-order valence-electron chi connectivity index (χ3n) is 4.86. The van der Waals surface area contributed by atoms with Crippen LogP contribution in [0.4, 0.5) is 0 Å². The van der Waals surface area contributed by atoms with Crippen LogP contribution in [0.2, 0.25) is 0 Å². The van der Waals surface area contributed by atoms with Gasteiger partial charge in [0.15, 0.2) is 0 Å². The average Bonchev–Trinajstić information content (AvgIpc) is 3.14. The van der Waals surface area contributed by atoms with Gasteiger partial charge in [0.25, 0.3) is 0 Å². The maximum atomic E-state index is 12.1. The van der Waals surface area contributed by atoms with E-state index < -0.39 is 0 Å². The molecule has 2 atom stereocenters. The summed E-state index contributed by atoms with van der Waals surface area (Å²) in [5.41, 5.74) is -0.336. The molecule has 6 nitrogen and oxygen atoms in total. The SMILES string of the molecule is CCC(=O)N1CCOC[C@]2(CC[C@@H](CN(C)Cc3ccco3)O2)C1. The fourth-order valence-electron chi connectivity index (χ4n) is 3.67. The maximum absolute atomic E-state index is 12.1. The second-order valence-corrected chi connectivity index (χ2v) is 6.96. The second kappa shape index (κ2) is 7.68. The van der Waals surface area contributed by atoms with Crippen molar-refractivity contribution < 1.29 is 18.7 Å². The molecule has 0 saturated carbocycles. The zero-order valence-corrected chi connectivity index (χ0v) is 14.7. The first-order chi connectivity index (χ1) is 11.6. The Hall–Kier alpha value is -1.37. The maximum Gasteiger partial charge on any atom is 0.222 e. The van der Waals surface area contributed by atoms with Gasteiger partial charge in [-0.25, -0.2) is 0 Å². The van der Waals surface area contributed by atoms with Crippen LogP contribution in [0.25, 0.3) is 0 Å². The number of nitrogens with zero attached hydrogens (tertiary/aromatic N) is 2. The van der Waals surface area contributed by atoms with Crippen molar-refractivity contribution in [3.8, 4) is 0 Å². The normalized spacial score (nSPS) is 27.8. The summed E-state index contributed by atoms with van der Waals surface area (Å²) in [5, 5.41) is 0. The van der Waals surface area contributed by atoms with E-state index in [2.05, 4.69) is 11.9 Å². The molecule has 1 spiro atoms. The van der Waals surface area contributed by atoms with Gasteiger partial charge in [-0.2, -0.15) is 0 Å². The van der Waals surface area contributed by atoms with Crippen LogP contribution in [-0.4, -0.2) is 67.3 Å². The Morgan fingerprint density at radius 2 is 2.38 bits per heavy atom. The molecule has 0 N–H and O–H groups in total. The van der Waals surface area contributed by atoms with E-state index in [9.17, 15) is 4.79 Å². The molecule has 0 aromatic carbocycles. The number of ether oxygens (including phenoxy) is 2. The van der Waals surface area contributed by atoms with Crippen molar-refractivity contribution in [3.05, 3.63) is 24.2 Å². The van der Waals surface area contributed by atoms with Crippen molar-refractivity contribution in [1.82, 2.24) is 9.80 Å². The summed E-state index contributed by atoms with van der Waals surface area (Å²) < 4.78 is 17.5. The molecule has 134 valence electrons. The molecule has 0 aliphatic carbocycles. The van der Waals surface area contributed by atoms with Gasteiger partial charge >= 0.3 is 0 Å². The topological polar surface area (TPSA) is 55.2 Å². The van der Waals surface area contributed by atoms with Gasteiger partial charge in [0.05, 0.1) is 38.7 Å². The fourth-order valence-corrected chi connectivity index (χ4v) is 3.67. The lowest BCUT2D eigenvalue weighted by Crippen LogP contribution is -2.47. The first-order valence-corrected chi connectivity index (χ1v) is 8.84.